The van der Waals surface area contributed by atoms with Gasteiger partial charge in [-0.15, -0.1) is 0 Å². The van der Waals surface area contributed by atoms with Crippen LogP contribution in [0.25, 0.3) is 0 Å². The Hall–Kier alpha value is -1.22. The summed E-state index contributed by atoms with van der Waals surface area (Å²) in [5, 5.41) is 4.04. The molecular weight excluding hydrogens is 228 g/mol. The highest BCUT2D eigenvalue weighted by Crippen LogP contribution is 2.23. The predicted octanol–water partition coefficient (Wildman–Crippen LogP) is 4.09. The van der Waals surface area contributed by atoms with Gasteiger partial charge in [-0.3, -0.25) is 0 Å². The van der Waals surface area contributed by atoms with E-state index in [0.717, 1.165) is 16.6 Å². The summed E-state index contributed by atoms with van der Waals surface area (Å²) in [7, 11) is 0. The number of hydrogen-bond donors (Lipinski definition) is 1. The molecule has 0 bridgehead atoms. The van der Waals surface area contributed by atoms with Crippen molar-refractivity contribution >= 4 is 22.6 Å². The van der Waals surface area contributed by atoms with Crippen LogP contribution < -0.4 is 5.32 Å². The molecule has 0 fully saturated rings. The Balaban J connectivity index is 3.11. The van der Waals surface area contributed by atoms with E-state index in [2.05, 4.69) is 49.8 Å². The summed E-state index contributed by atoms with van der Waals surface area (Å²) in [6.45, 7) is 12.1. The summed E-state index contributed by atoms with van der Waals surface area (Å²) in [5.74, 6) is 0. The molecule has 2 nitrogen and oxygen atoms in total. The lowest BCUT2D eigenvalue weighted by molar-refractivity contribution is 1.14. The van der Waals surface area contributed by atoms with Gasteiger partial charge >= 0.3 is 0 Å². The van der Waals surface area contributed by atoms with E-state index in [1.165, 1.54) is 16.7 Å². The van der Waals surface area contributed by atoms with Crippen molar-refractivity contribution in [2.45, 2.75) is 27.7 Å². The van der Waals surface area contributed by atoms with Crippen LogP contribution in [0, 0.1) is 20.8 Å². The molecule has 1 aromatic rings. The predicted molar refractivity (Wildman–Crippen MR) is 79.2 cm³/mol. The number of nitrogens with zero attached hydrogens (tertiary/aromatic N) is 1. The van der Waals surface area contributed by atoms with E-state index >= 15 is 0 Å². The molecule has 0 aliphatic carbocycles. The van der Waals surface area contributed by atoms with Gasteiger partial charge in [0.05, 0.1) is 5.69 Å². The van der Waals surface area contributed by atoms with Gasteiger partial charge < -0.3 is 5.32 Å². The monoisotopic (exact) mass is 248 g/mol. The minimum Gasteiger partial charge on any atom is -0.339 e. The number of thioether (sulfide) groups is 1. The Bertz CT molecular complexity index is 462. The highest BCUT2D eigenvalue weighted by atomic mass is 32.2. The van der Waals surface area contributed by atoms with E-state index in [9.17, 15) is 0 Å². The van der Waals surface area contributed by atoms with Crippen molar-refractivity contribution in [2.24, 2.45) is 4.99 Å². The Kier molecular flexibility index (Phi) is 4.82. The van der Waals surface area contributed by atoms with Crippen molar-refractivity contribution in [2.75, 3.05) is 6.26 Å². The van der Waals surface area contributed by atoms with Gasteiger partial charge in [0.15, 0.2) is 5.17 Å². The number of benzene rings is 1. The zero-order chi connectivity index (χ0) is 13.0. The number of hydrogen-bond acceptors (Lipinski definition) is 2. The fourth-order valence-corrected chi connectivity index (χ4v) is 1.95. The van der Waals surface area contributed by atoms with E-state index in [1.807, 2.05) is 13.2 Å². The fourth-order valence-electron chi connectivity index (χ4n) is 1.48. The van der Waals surface area contributed by atoms with Gasteiger partial charge in [-0.1, -0.05) is 24.4 Å². The molecule has 0 saturated carbocycles. The summed E-state index contributed by atoms with van der Waals surface area (Å²) < 4.78 is 0. The van der Waals surface area contributed by atoms with Crippen LogP contribution in [0.3, 0.4) is 0 Å². The molecule has 0 aromatic heterocycles. The Morgan fingerprint density at radius 2 is 1.76 bits per heavy atom. The molecule has 0 amide bonds. The maximum absolute atomic E-state index is 4.63. The van der Waals surface area contributed by atoms with Gasteiger partial charge in [-0.25, -0.2) is 4.99 Å². The van der Waals surface area contributed by atoms with E-state index in [0.29, 0.717) is 0 Å². The average Bonchev–Trinajstić information content (AvgIpc) is 2.24. The molecule has 0 unspecified atom stereocenters. The third-order valence-corrected chi connectivity index (χ3v) is 3.13. The smallest absolute Gasteiger partial charge is 0.165 e. The molecule has 3 heteroatoms. The van der Waals surface area contributed by atoms with Gasteiger partial charge in [-0.05, 0) is 56.7 Å². The largest absolute Gasteiger partial charge is 0.339 e. The van der Waals surface area contributed by atoms with Gasteiger partial charge in [0.2, 0.25) is 0 Å². The maximum Gasteiger partial charge on any atom is 0.165 e. The summed E-state index contributed by atoms with van der Waals surface area (Å²) >= 11 is 1.59. The second-order valence-electron chi connectivity index (χ2n) is 4.25. The van der Waals surface area contributed by atoms with Crippen LogP contribution in [0.4, 0.5) is 5.69 Å². The van der Waals surface area contributed by atoms with E-state index < -0.39 is 0 Å². The lowest BCUT2D eigenvalue weighted by Crippen LogP contribution is -2.16. The first-order chi connectivity index (χ1) is 7.93. The van der Waals surface area contributed by atoms with Crippen molar-refractivity contribution in [3.63, 3.8) is 0 Å². The van der Waals surface area contributed by atoms with Crippen LogP contribution in [0.1, 0.15) is 23.6 Å². The molecule has 0 heterocycles. The third-order valence-electron chi connectivity index (χ3n) is 2.55. The third kappa shape index (κ3) is 3.93. The van der Waals surface area contributed by atoms with Crippen molar-refractivity contribution < 1.29 is 0 Å². The van der Waals surface area contributed by atoms with Crippen molar-refractivity contribution in [3.8, 4) is 0 Å². The molecule has 0 spiro atoms. The maximum atomic E-state index is 4.63. The second kappa shape index (κ2) is 5.92. The van der Waals surface area contributed by atoms with Crippen molar-refractivity contribution in [1.82, 2.24) is 5.32 Å². The normalized spacial score (nSPS) is 11.5. The molecule has 0 aliphatic heterocycles. The Morgan fingerprint density at radius 3 is 2.29 bits per heavy atom. The van der Waals surface area contributed by atoms with Crippen molar-refractivity contribution in [1.29, 1.82) is 0 Å². The molecule has 0 radical (unpaired) electrons. The first-order valence-electron chi connectivity index (χ1n) is 5.57. The molecule has 0 saturated heterocycles. The minimum absolute atomic E-state index is 0.879. The number of allylic oxidation sites excluding steroid dienone is 1. The highest BCUT2D eigenvalue weighted by Gasteiger charge is 2.03. The van der Waals surface area contributed by atoms with Crippen LogP contribution >= 0.6 is 11.8 Å². The average molecular weight is 248 g/mol. The standard InChI is InChI=1S/C14H20N2S/c1-9(2)15-14(17-6)16-13-8-11(4)10(3)7-12(13)5/h7-8H,1H2,2-6H3,(H,15,16). The Morgan fingerprint density at radius 1 is 1.18 bits per heavy atom. The highest BCUT2D eigenvalue weighted by molar-refractivity contribution is 8.13. The number of aliphatic imine (C=N–C) groups is 1. The van der Waals surface area contributed by atoms with Gasteiger partial charge in [-0.2, -0.15) is 0 Å². The zero-order valence-corrected chi connectivity index (χ0v) is 12.0. The van der Waals surface area contributed by atoms with E-state index in [1.54, 1.807) is 11.8 Å². The van der Waals surface area contributed by atoms with Crippen LogP contribution in [0.5, 0.6) is 0 Å². The molecular formula is C14H20N2S. The number of amidine groups is 1. The van der Waals surface area contributed by atoms with Crippen LogP contribution in [0.2, 0.25) is 0 Å². The SMILES string of the molecule is C=C(C)NC(=Nc1cc(C)c(C)cc1C)SC. The second-order valence-corrected chi connectivity index (χ2v) is 5.04. The lowest BCUT2D eigenvalue weighted by Gasteiger charge is -2.09. The van der Waals surface area contributed by atoms with Crippen LogP contribution in [-0.4, -0.2) is 11.4 Å². The van der Waals surface area contributed by atoms with Crippen LogP contribution in [-0.2, 0) is 0 Å². The minimum atomic E-state index is 0.879. The number of nitrogens with one attached hydrogen (secondary N) is 1. The van der Waals surface area contributed by atoms with Gasteiger partial charge in [0.25, 0.3) is 0 Å². The first-order valence-corrected chi connectivity index (χ1v) is 6.79. The number of rotatable bonds is 2. The topological polar surface area (TPSA) is 24.4 Å². The number of aryl methyl sites for hydroxylation is 3. The molecule has 92 valence electrons. The first kappa shape index (κ1) is 13.8. The molecule has 1 rings (SSSR count). The molecule has 0 aliphatic rings. The summed E-state index contributed by atoms with van der Waals surface area (Å²) in [6, 6.07) is 4.30. The zero-order valence-electron chi connectivity index (χ0n) is 11.2. The molecule has 0 atom stereocenters. The summed E-state index contributed by atoms with van der Waals surface area (Å²) in [6.07, 6.45) is 2.01. The summed E-state index contributed by atoms with van der Waals surface area (Å²) in [5.41, 5.74) is 5.69. The lowest BCUT2D eigenvalue weighted by atomic mass is 10.1. The molecule has 17 heavy (non-hydrogen) atoms. The Labute approximate surface area is 108 Å². The molecule has 1 N–H and O–H groups in total. The van der Waals surface area contributed by atoms with Gasteiger partial charge in [0, 0.05) is 5.70 Å². The van der Waals surface area contributed by atoms with Crippen LogP contribution in [0.15, 0.2) is 29.4 Å². The van der Waals surface area contributed by atoms with E-state index in [4.69, 9.17) is 0 Å². The van der Waals surface area contributed by atoms with Crippen molar-refractivity contribution in [3.05, 3.63) is 41.1 Å². The molecule has 1 aromatic carbocycles. The fraction of sp³-hybridized carbons (Fsp3) is 0.357. The van der Waals surface area contributed by atoms with Gasteiger partial charge in [0.1, 0.15) is 0 Å². The van der Waals surface area contributed by atoms with E-state index in [-0.39, 0.29) is 0 Å². The summed E-state index contributed by atoms with van der Waals surface area (Å²) in [4.78, 5) is 4.63. The quantitative estimate of drug-likeness (QED) is 0.630.